The summed E-state index contributed by atoms with van der Waals surface area (Å²) < 4.78 is 0. The largest absolute Gasteiger partial charge is 0.481 e. The van der Waals surface area contributed by atoms with Crippen LogP contribution in [0.2, 0.25) is 0 Å². The number of fused-ring (bicyclic) bond motifs is 2. The summed E-state index contributed by atoms with van der Waals surface area (Å²) in [6, 6.07) is 9.76. The molecule has 1 aliphatic carbocycles. The number of para-hydroxylation sites is 1. The monoisotopic (exact) mass is 336 g/mol. The van der Waals surface area contributed by atoms with Gasteiger partial charge in [-0.15, -0.1) is 0 Å². The fourth-order valence-electron chi connectivity index (χ4n) is 3.90. The van der Waals surface area contributed by atoms with E-state index in [0.29, 0.717) is 12.0 Å². The number of hydrogen-bond acceptors (Lipinski definition) is 2. The molecule has 2 aliphatic rings. The van der Waals surface area contributed by atoms with Gasteiger partial charge in [0.2, 0.25) is 0 Å². The zero-order valence-corrected chi connectivity index (χ0v) is 13.8. The molecule has 3 N–H and O–H groups in total. The third kappa shape index (κ3) is 2.97. The highest BCUT2D eigenvalue weighted by molar-refractivity contribution is 6.34. The number of aromatic amines is 1. The SMILES string of the molecule is O=C(O)CCC1CCCc2[nH]c(/C=C3\C(=O)Nc4ccccc43)cc21. The van der Waals surface area contributed by atoms with E-state index in [4.69, 9.17) is 5.11 Å². The molecule has 0 radical (unpaired) electrons. The van der Waals surface area contributed by atoms with Gasteiger partial charge in [0.25, 0.3) is 5.91 Å². The third-order valence-corrected chi connectivity index (χ3v) is 5.09. The molecular weight excluding hydrogens is 316 g/mol. The number of benzene rings is 1. The van der Waals surface area contributed by atoms with Crippen molar-refractivity contribution in [2.75, 3.05) is 5.32 Å². The molecule has 0 bridgehead atoms. The maximum absolute atomic E-state index is 12.3. The Morgan fingerprint density at radius 2 is 2.16 bits per heavy atom. The number of aromatic nitrogens is 1. The highest BCUT2D eigenvalue weighted by Gasteiger charge is 2.26. The number of nitrogens with one attached hydrogen (secondary N) is 2. The van der Waals surface area contributed by atoms with E-state index in [1.165, 1.54) is 11.3 Å². The Morgan fingerprint density at radius 1 is 1.32 bits per heavy atom. The number of carboxylic acid groups (broad SMARTS) is 1. The van der Waals surface area contributed by atoms with Gasteiger partial charge in [-0.1, -0.05) is 18.2 Å². The first-order chi connectivity index (χ1) is 12.1. The van der Waals surface area contributed by atoms with E-state index in [1.54, 1.807) is 0 Å². The van der Waals surface area contributed by atoms with Crippen molar-refractivity contribution in [3.8, 4) is 0 Å². The van der Waals surface area contributed by atoms with Crippen molar-refractivity contribution in [2.45, 2.75) is 38.0 Å². The van der Waals surface area contributed by atoms with Crippen LogP contribution in [0.25, 0.3) is 11.6 Å². The summed E-state index contributed by atoms with van der Waals surface area (Å²) in [7, 11) is 0. The van der Waals surface area contributed by atoms with Crippen LogP contribution in [0.3, 0.4) is 0 Å². The van der Waals surface area contributed by atoms with Crippen LogP contribution in [0.5, 0.6) is 0 Å². The van der Waals surface area contributed by atoms with E-state index >= 15 is 0 Å². The lowest BCUT2D eigenvalue weighted by molar-refractivity contribution is -0.137. The first kappa shape index (κ1) is 15.7. The topological polar surface area (TPSA) is 82.2 Å². The first-order valence-corrected chi connectivity index (χ1v) is 8.68. The van der Waals surface area contributed by atoms with Gasteiger partial charge < -0.3 is 15.4 Å². The summed E-state index contributed by atoms with van der Waals surface area (Å²) in [6.07, 6.45) is 5.83. The van der Waals surface area contributed by atoms with Crippen LogP contribution in [-0.2, 0) is 16.0 Å². The molecule has 2 heterocycles. The zero-order chi connectivity index (χ0) is 17.4. The summed E-state index contributed by atoms with van der Waals surface area (Å²) in [5.41, 5.74) is 5.73. The molecule has 2 aromatic rings. The number of hydrogen-bond donors (Lipinski definition) is 3. The summed E-state index contributed by atoms with van der Waals surface area (Å²) >= 11 is 0. The van der Waals surface area contributed by atoms with Crippen molar-refractivity contribution in [3.05, 3.63) is 52.8 Å². The number of carboxylic acids is 1. The highest BCUT2D eigenvalue weighted by Crippen LogP contribution is 2.37. The van der Waals surface area contributed by atoms with E-state index in [1.807, 2.05) is 30.3 Å². The van der Waals surface area contributed by atoms with Gasteiger partial charge in [-0.3, -0.25) is 9.59 Å². The standard InChI is InChI=1S/C20H20N2O3/c23-19(24)9-8-12-4-3-7-18-15(12)10-13(21-18)11-16-14-5-1-2-6-17(14)22-20(16)25/h1-2,5-6,10-12,21H,3-4,7-9H2,(H,22,25)(H,23,24)/b16-11-. The summed E-state index contributed by atoms with van der Waals surface area (Å²) in [5, 5.41) is 11.8. The molecule has 128 valence electrons. The maximum Gasteiger partial charge on any atom is 0.303 e. The highest BCUT2D eigenvalue weighted by atomic mass is 16.4. The predicted molar refractivity (Wildman–Crippen MR) is 96.3 cm³/mol. The Balaban J connectivity index is 1.65. The molecule has 0 saturated heterocycles. The number of carbonyl (C=O) groups is 2. The van der Waals surface area contributed by atoms with Gasteiger partial charge in [0.05, 0.1) is 5.57 Å². The Bertz CT molecular complexity index is 879. The molecule has 1 aromatic heterocycles. The lowest BCUT2D eigenvalue weighted by Gasteiger charge is -2.21. The second-order valence-electron chi connectivity index (χ2n) is 6.74. The van der Waals surface area contributed by atoms with Crippen molar-refractivity contribution in [1.82, 2.24) is 4.98 Å². The lowest BCUT2D eigenvalue weighted by atomic mass is 9.84. The molecule has 0 fully saturated rings. The second kappa shape index (κ2) is 6.24. The summed E-state index contributed by atoms with van der Waals surface area (Å²) in [6.45, 7) is 0. The van der Waals surface area contributed by atoms with Gasteiger partial charge in [0.1, 0.15) is 0 Å². The van der Waals surface area contributed by atoms with Crippen molar-refractivity contribution in [3.63, 3.8) is 0 Å². The molecule has 1 unspecified atom stereocenters. The number of carbonyl (C=O) groups excluding carboxylic acids is 1. The minimum atomic E-state index is -0.746. The van der Waals surface area contributed by atoms with Crippen LogP contribution in [0, 0.1) is 0 Å². The first-order valence-electron chi connectivity index (χ1n) is 8.68. The van der Waals surface area contributed by atoms with Crippen molar-refractivity contribution in [2.24, 2.45) is 0 Å². The van der Waals surface area contributed by atoms with E-state index in [9.17, 15) is 9.59 Å². The molecule has 5 nitrogen and oxygen atoms in total. The minimum absolute atomic E-state index is 0.0869. The molecule has 1 aliphatic heterocycles. The van der Waals surface area contributed by atoms with E-state index in [2.05, 4.69) is 16.4 Å². The van der Waals surface area contributed by atoms with Crippen LogP contribution in [0.15, 0.2) is 30.3 Å². The number of H-pyrrole nitrogens is 1. The quantitative estimate of drug-likeness (QED) is 0.743. The summed E-state index contributed by atoms with van der Waals surface area (Å²) in [4.78, 5) is 26.6. The fourth-order valence-corrected chi connectivity index (χ4v) is 3.90. The smallest absolute Gasteiger partial charge is 0.303 e. The molecule has 0 spiro atoms. The lowest BCUT2D eigenvalue weighted by Crippen LogP contribution is -2.10. The Morgan fingerprint density at radius 3 is 3.00 bits per heavy atom. The normalized spacial score (nSPS) is 20.2. The molecule has 1 aromatic carbocycles. The number of aryl methyl sites for hydroxylation is 1. The van der Waals surface area contributed by atoms with Crippen LogP contribution < -0.4 is 5.32 Å². The van der Waals surface area contributed by atoms with Crippen LogP contribution >= 0.6 is 0 Å². The number of aliphatic carboxylic acids is 1. The zero-order valence-electron chi connectivity index (χ0n) is 13.8. The average Bonchev–Trinajstić information content (AvgIpc) is 3.14. The van der Waals surface area contributed by atoms with Gasteiger partial charge in [0, 0.05) is 29.1 Å². The molecule has 25 heavy (non-hydrogen) atoms. The Hall–Kier alpha value is -2.82. The number of amides is 1. The van der Waals surface area contributed by atoms with Crippen LogP contribution in [0.4, 0.5) is 5.69 Å². The molecule has 5 heteroatoms. The molecule has 0 saturated carbocycles. The Kier molecular flexibility index (Phi) is 3.92. The van der Waals surface area contributed by atoms with Crippen molar-refractivity contribution >= 4 is 29.2 Å². The van der Waals surface area contributed by atoms with Gasteiger partial charge in [0.15, 0.2) is 0 Å². The van der Waals surface area contributed by atoms with Gasteiger partial charge >= 0.3 is 5.97 Å². The van der Waals surface area contributed by atoms with Crippen molar-refractivity contribution in [1.29, 1.82) is 0 Å². The van der Waals surface area contributed by atoms with E-state index < -0.39 is 5.97 Å². The molecule has 4 rings (SSSR count). The van der Waals surface area contributed by atoms with Gasteiger partial charge in [-0.05, 0) is 55.4 Å². The minimum Gasteiger partial charge on any atom is -0.481 e. The molecule has 1 atom stereocenters. The fraction of sp³-hybridized carbons (Fsp3) is 0.300. The molecular formula is C20H20N2O3. The van der Waals surface area contributed by atoms with Crippen LogP contribution in [0.1, 0.15) is 54.1 Å². The predicted octanol–water partition coefficient (Wildman–Crippen LogP) is 3.79. The average molecular weight is 336 g/mol. The van der Waals surface area contributed by atoms with Gasteiger partial charge in [-0.25, -0.2) is 0 Å². The van der Waals surface area contributed by atoms with Crippen LogP contribution in [-0.4, -0.2) is 22.0 Å². The van der Waals surface area contributed by atoms with Crippen molar-refractivity contribution < 1.29 is 14.7 Å². The second-order valence-corrected chi connectivity index (χ2v) is 6.74. The molecule has 1 amide bonds. The Labute approximate surface area is 145 Å². The number of anilines is 1. The third-order valence-electron chi connectivity index (χ3n) is 5.09. The maximum atomic E-state index is 12.3. The van der Waals surface area contributed by atoms with E-state index in [-0.39, 0.29) is 18.2 Å². The number of rotatable bonds is 4. The summed E-state index contributed by atoms with van der Waals surface area (Å²) in [5.74, 6) is -0.548. The van der Waals surface area contributed by atoms with Gasteiger partial charge in [-0.2, -0.15) is 0 Å². The van der Waals surface area contributed by atoms with E-state index in [0.717, 1.165) is 36.2 Å².